The summed E-state index contributed by atoms with van der Waals surface area (Å²) in [6, 6.07) is 18.5. The Kier molecular flexibility index (Phi) is 6.55. The molecule has 0 unspecified atom stereocenters. The van der Waals surface area contributed by atoms with Crippen LogP contribution >= 0.6 is 0 Å². The first-order valence-corrected chi connectivity index (χ1v) is 13.3. The van der Waals surface area contributed by atoms with Gasteiger partial charge in [-0.25, -0.2) is 14.5 Å². The van der Waals surface area contributed by atoms with E-state index in [-0.39, 0.29) is 11.5 Å². The van der Waals surface area contributed by atoms with E-state index >= 15 is 0 Å². The molecular weight excluding hydrogens is 514 g/mol. The summed E-state index contributed by atoms with van der Waals surface area (Å²) in [5.41, 5.74) is 4.41. The molecule has 0 saturated heterocycles. The zero-order valence-corrected chi connectivity index (χ0v) is 23.2. The Bertz CT molecular complexity index is 2020. The van der Waals surface area contributed by atoms with E-state index in [0.29, 0.717) is 33.7 Å². The van der Waals surface area contributed by atoms with E-state index in [1.54, 1.807) is 34.5 Å². The molecule has 6 aromatic rings. The summed E-state index contributed by atoms with van der Waals surface area (Å²) >= 11 is 0. The van der Waals surface area contributed by atoms with Crippen molar-refractivity contribution in [1.82, 2.24) is 34.0 Å². The molecule has 0 bridgehead atoms. The molecule has 41 heavy (non-hydrogen) atoms. The van der Waals surface area contributed by atoms with E-state index in [9.17, 15) is 9.59 Å². The summed E-state index contributed by atoms with van der Waals surface area (Å²) in [6.45, 7) is 5.61. The lowest BCUT2D eigenvalue weighted by Crippen LogP contribution is -2.32. The van der Waals surface area contributed by atoms with Crippen molar-refractivity contribution in [2.24, 2.45) is 7.05 Å². The van der Waals surface area contributed by atoms with Crippen molar-refractivity contribution in [1.29, 1.82) is 0 Å². The molecular formula is C32H29N7O2. The highest BCUT2D eigenvalue weighted by Gasteiger charge is 2.23. The third kappa shape index (κ3) is 4.61. The standard InChI is InChI=1S/C32H29N7O2/c1-20(35-31(40)28-21(2)36-38-17-9-16-33-30(28)38)27-18-24-11-8-10-23(14-15-26-19-34-22(3)37(26)4)29(24)32(41)39(27)25-12-6-5-7-13-25/h5-20H,1-4H3,(H,35,40)/b15-14+/t20-/m0/s1. The first-order chi connectivity index (χ1) is 19.8. The number of hydrogen-bond acceptors (Lipinski definition) is 5. The predicted octanol–water partition coefficient (Wildman–Crippen LogP) is 5.05. The molecule has 9 nitrogen and oxygen atoms in total. The Morgan fingerprint density at radius 3 is 2.56 bits per heavy atom. The van der Waals surface area contributed by atoms with Crippen LogP contribution in [0.3, 0.4) is 0 Å². The summed E-state index contributed by atoms with van der Waals surface area (Å²) in [5.74, 6) is 0.601. The van der Waals surface area contributed by atoms with Crippen LogP contribution in [0.2, 0.25) is 0 Å². The molecule has 4 aromatic heterocycles. The molecule has 4 heterocycles. The highest BCUT2D eigenvalue weighted by Crippen LogP contribution is 2.25. The molecule has 0 fully saturated rings. The van der Waals surface area contributed by atoms with Crippen molar-refractivity contribution >= 4 is 34.5 Å². The van der Waals surface area contributed by atoms with Gasteiger partial charge in [-0.15, -0.1) is 0 Å². The topological polar surface area (TPSA) is 99.1 Å². The van der Waals surface area contributed by atoms with Gasteiger partial charge < -0.3 is 9.88 Å². The third-order valence-electron chi connectivity index (χ3n) is 7.40. The highest BCUT2D eigenvalue weighted by atomic mass is 16.2. The molecule has 0 aliphatic carbocycles. The lowest BCUT2D eigenvalue weighted by molar-refractivity contribution is 0.0939. The number of aryl methyl sites for hydroxylation is 2. The van der Waals surface area contributed by atoms with Crippen LogP contribution in [-0.4, -0.2) is 34.6 Å². The third-order valence-corrected chi connectivity index (χ3v) is 7.40. The maximum atomic E-state index is 14.3. The predicted molar refractivity (Wildman–Crippen MR) is 160 cm³/mol. The first kappa shape index (κ1) is 25.9. The number of aromatic nitrogens is 6. The zero-order chi connectivity index (χ0) is 28.7. The average Bonchev–Trinajstić information content (AvgIpc) is 3.49. The molecule has 0 aliphatic heterocycles. The number of fused-ring (bicyclic) bond motifs is 2. The Hall–Kier alpha value is -5.31. The molecule has 6 rings (SSSR count). The van der Waals surface area contributed by atoms with Gasteiger partial charge in [0.05, 0.1) is 29.0 Å². The van der Waals surface area contributed by atoms with Gasteiger partial charge in [-0.1, -0.05) is 42.5 Å². The molecule has 0 saturated carbocycles. The number of hydrogen-bond donors (Lipinski definition) is 1. The van der Waals surface area contributed by atoms with Crippen LogP contribution in [-0.2, 0) is 7.05 Å². The second-order valence-electron chi connectivity index (χ2n) is 10.0. The monoisotopic (exact) mass is 543 g/mol. The van der Waals surface area contributed by atoms with Crippen molar-refractivity contribution in [2.75, 3.05) is 0 Å². The van der Waals surface area contributed by atoms with Gasteiger partial charge >= 0.3 is 0 Å². The minimum absolute atomic E-state index is 0.167. The number of para-hydroxylation sites is 1. The van der Waals surface area contributed by atoms with Crippen molar-refractivity contribution in [3.05, 3.63) is 124 Å². The lowest BCUT2D eigenvalue weighted by Gasteiger charge is -2.21. The number of rotatable bonds is 6. The number of amides is 1. The van der Waals surface area contributed by atoms with Gasteiger partial charge in [0.2, 0.25) is 0 Å². The largest absolute Gasteiger partial charge is 0.344 e. The van der Waals surface area contributed by atoms with Crippen molar-refractivity contribution in [3.8, 4) is 5.69 Å². The van der Waals surface area contributed by atoms with Crippen LogP contribution in [0.4, 0.5) is 0 Å². The van der Waals surface area contributed by atoms with E-state index in [2.05, 4.69) is 20.4 Å². The van der Waals surface area contributed by atoms with Gasteiger partial charge in [0.1, 0.15) is 11.4 Å². The lowest BCUT2D eigenvalue weighted by atomic mass is 10.0. The Morgan fingerprint density at radius 1 is 1.00 bits per heavy atom. The van der Waals surface area contributed by atoms with Gasteiger partial charge in [0.15, 0.2) is 5.65 Å². The quantitative estimate of drug-likeness (QED) is 0.317. The van der Waals surface area contributed by atoms with Crippen LogP contribution in [0.1, 0.15) is 51.8 Å². The van der Waals surface area contributed by atoms with Crippen LogP contribution in [0.15, 0.2) is 84.0 Å². The summed E-state index contributed by atoms with van der Waals surface area (Å²) in [4.78, 5) is 36.5. The van der Waals surface area contributed by atoms with Crippen LogP contribution in [0.5, 0.6) is 0 Å². The van der Waals surface area contributed by atoms with Gasteiger partial charge in [0, 0.05) is 30.8 Å². The van der Waals surface area contributed by atoms with Crippen molar-refractivity contribution in [2.45, 2.75) is 26.8 Å². The number of imidazole rings is 1. The summed E-state index contributed by atoms with van der Waals surface area (Å²) in [7, 11) is 1.96. The van der Waals surface area contributed by atoms with Gasteiger partial charge in [-0.2, -0.15) is 5.10 Å². The van der Waals surface area contributed by atoms with Crippen molar-refractivity contribution < 1.29 is 4.79 Å². The summed E-state index contributed by atoms with van der Waals surface area (Å²) in [6.07, 6.45) is 9.11. The van der Waals surface area contributed by atoms with Gasteiger partial charge in [0.25, 0.3) is 11.5 Å². The number of benzene rings is 2. The smallest absolute Gasteiger partial charge is 0.263 e. The SMILES string of the molecule is Cc1nn2cccnc2c1C(=O)N[C@@H](C)c1cc2cccc(/C=C/c3cnc(C)n3C)c2c(=O)n1-c1ccccc1. The maximum Gasteiger partial charge on any atom is 0.263 e. The fourth-order valence-corrected chi connectivity index (χ4v) is 5.16. The van der Waals surface area contributed by atoms with E-state index in [4.69, 9.17) is 0 Å². The van der Waals surface area contributed by atoms with E-state index in [0.717, 1.165) is 22.5 Å². The maximum absolute atomic E-state index is 14.3. The molecule has 1 N–H and O–H groups in total. The van der Waals surface area contributed by atoms with E-state index in [1.807, 2.05) is 98.4 Å². The Labute approximate surface area is 236 Å². The molecule has 0 spiro atoms. The van der Waals surface area contributed by atoms with Crippen molar-refractivity contribution in [3.63, 3.8) is 0 Å². The normalized spacial score (nSPS) is 12.4. The molecule has 1 atom stereocenters. The molecule has 0 aliphatic rings. The fraction of sp³-hybridized carbons (Fsp3) is 0.156. The number of nitrogens with one attached hydrogen (secondary N) is 1. The summed E-state index contributed by atoms with van der Waals surface area (Å²) in [5, 5.41) is 8.89. The second kappa shape index (κ2) is 10.3. The molecule has 204 valence electrons. The van der Waals surface area contributed by atoms with Crippen LogP contribution in [0.25, 0.3) is 34.3 Å². The number of nitrogens with zero attached hydrogens (tertiary/aromatic N) is 6. The average molecular weight is 544 g/mol. The number of carbonyl (C=O) groups excluding carboxylic acids is 1. The van der Waals surface area contributed by atoms with E-state index in [1.165, 1.54) is 0 Å². The molecule has 1 amide bonds. The van der Waals surface area contributed by atoms with Gasteiger partial charge in [-0.3, -0.25) is 14.2 Å². The number of pyridine rings is 1. The molecule has 0 radical (unpaired) electrons. The molecule has 9 heteroatoms. The summed E-state index contributed by atoms with van der Waals surface area (Å²) < 4.78 is 5.26. The highest BCUT2D eigenvalue weighted by molar-refractivity contribution is 6.01. The minimum atomic E-state index is -0.505. The second-order valence-corrected chi connectivity index (χ2v) is 10.0. The van der Waals surface area contributed by atoms with E-state index < -0.39 is 6.04 Å². The Morgan fingerprint density at radius 2 is 1.80 bits per heavy atom. The minimum Gasteiger partial charge on any atom is -0.344 e. The number of carbonyl (C=O) groups is 1. The first-order valence-electron chi connectivity index (χ1n) is 13.3. The Balaban J connectivity index is 1.47. The van der Waals surface area contributed by atoms with Gasteiger partial charge in [-0.05, 0) is 62.1 Å². The zero-order valence-electron chi connectivity index (χ0n) is 23.2. The molecule has 2 aromatic carbocycles. The fourth-order valence-electron chi connectivity index (χ4n) is 5.16. The van der Waals surface area contributed by atoms with Crippen LogP contribution < -0.4 is 10.9 Å². The van der Waals surface area contributed by atoms with Crippen LogP contribution in [0, 0.1) is 13.8 Å².